The number of hydrogen-bond acceptors (Lipinski definition) is 4. The van der Waals surface area contributed by atoms with E-state index in [1.54, 1.807) is 0 Å². The fourth-order valence-corrected chi connectivity index (χ4v) is 1.12. The largest absolute Gasteiger partial charge is 0.465 e. The third-order valence-corrected chi connectivity index (χ3v) is 1.92. The smallest absolute Gasteiger partial charge is 0.341 e. The van der Waals surface area contributed by atoms with Crippen molar-refractivity contribution in [2.75, 3.05) is 7.11 Å². The van der Waals surface area contributed by atoms with Gasteiger partial charge in [0.25, 0.3) is 0 Å². The highest BCUT2D eigenvalue weighted by molar-refractivity contribution is 6.32. The summed E-state index contributed by atoms with van der Waals surface area (Å²) in [5.41, 5.74) is 0.792. The van der Waals surface area contributed by atoms with Gasteiger partial charge < -0.3 is 4.74 Å². The molecule has 0 fully saturated rings. The molecule has 76 valence electrons. The molecular formula is C10H7ClN2O2. The van der Waals surface area contributed by atoms with Crippen molar-refractivity contribution in [2.24, 2.45) is 0 Å². The molecule has 0 aromatic carbocycles. The van der Waals surface area contributed by atoms with Crippen molar-refractivity contribution in [3.63, 3.8) is 0 Å². The molecule has 0 unspecified atom stereocenters. The zero-order valence-corrected chi connectivity index (χ0v) is 8.65. The van der Waals surface area contributed by atoms with Crippen molar-refractivity contribution >= 4 is 23.6 Å². The molecule has 0 bridgehead atoms. The van der Waals surface area contributed by atoms with Crippen LogP contribution in [0.1, 0.15) is 15.9 Å². The first kappa shape index (κ1) is 11.2. The normalized spacial score (nSPS) is 9.93. The summed E-state index contributed by atoms with van der Waals surface area (Å²) in [6.07, 6.45) is 4.27. The minimum absolute atomic E-state index is 0.0796. The Bertz CT molecular complexity index is 449. The Kier molecular flexibility index (Phi) is 3.83. The molecule has 15 heavy (non-hydrogen) atoms. The Balaban J connectivity index is 3.12. The second-order valence-electron chi connectivity index (χ2n) is 2.56. The van der Waals surface area contributed by atoms with Gasteiger partial charge in [-0.05, 0) is 17.7 Å². The number of pyridine rings is 1. The van der Waals surface area contributed by atoms with E-state index >= 15 is 0 Å². The molecule has 0 aliphatic heterocycles. The molecule has 1 rings (SSSR count). The molecule has 0 N–H and O–H groups in total. The van der Waals surface area contributed by atoms with Gasteiger partial charge in [0.1, 0.15) is 5.15 Å². The van der Waals surface area contributed by atoms with Gasteiger partial charge in [-0.25, -0.2) is 9.78 Å². The molecule has 0 saturated heterocycles. The fraction of sp³-hybridized carbons (Fsp3) is 0.100. The van der Waals surface area contributed by atoms with E-state index in [0.29, 0.717) is 5.56 Å². The van der Waals surface area contributed by atoms with Gasteiger partial charge in [0.05, 0.1) is 18.7 Å². The number of carbonyl (C=O) groups excluding carboxylic acids is 1. The zero-order chi connectivity index (χ0) is 11.3. The van der Waals surface area contributed by atoms with Gasteiger partial charge >= 0.3 is 5.97 Å². The van der Waals surface area contributed by atoms with Gasteiger partial charge in [0, 0.05) is 12.3 Å². The van der Waals surface area contributed by atoms with Crippen LogP contribution < -0.4 is 0 Å². The van der Waals surface area contributed by atoms with Crippen LogP contribution in [0.25, 0.3) is 6.08 Å². The summed E-state index contributed by atoms with van der Waals surface area (Å²) in [5.74, 6) is -0.556. The molecule has 4 nitrogen and oxygen atoms in total. The number of nitrogens with zero attached hydrogens (tertiary/aromatic N) is 2. The molecule has 0 spiro atoms. The Labute approximate surface area is 91.8 Å². The van der Waals surface area contributed by atoms with E-state index in [9.17, 15) is 4.79 Å². The van der Waals surface area contributed by atoms with Gasteiger partial charge in [-0.2, -0.15) is 5.26 Å². The lowest BCUT2D eigenvalue weighted by Crippen LogP contribution is -2.03. The van der Waals surface area contributed by atoms with Crippen molar-refractivity contribution < 1.29 is 9.53 Å². The highest BCUT2D eigenvalue weighted by atomic mass is 35.5. The molecule has 0 saturated carbocycles. The first-order chi connectivity index (χ1) is 7.19. The standard InChI is InChI=1S/C10H7ClN2O2/c1-15-10(14)8-5-7(3-2-4-12)6-13-9(8)11/h2-3,5-6H,1H3. The van der Waals surface area contributed by atoms with E-state index in [1.807, 2.05) is 6.07 Å². The molecule has 0 atom stereocenters. The van der Waals surface area contributed by atoms with Gasteiger partial charge in [0.15, 0.2) is 0 Å². The molecular weight excluding hydrogens is 216 g/mol. The van der Waals surface area contributed by atoms with E-state index in [2.05, 4.69) is 9.72 Å². The third-order valence-electron chi connectivity index (χ3n) is 1.62. The third kappa shape index (κ3) is 2.79. The van der Waals surface area contributed by atoms with E-state index < -0.39 is 5.97 Å². The average Bonchev–Trinajstić information content (AvgIpc) is 2.27. The van der Waals surface area contributed by atoms with Crippen LogP contribution in [0.5, 0.6) is 0 Å². The highest BCUT2D eigenvalue weighted by Gasteiger charge is 2.11. The van der Waals surface area contributed by atoms with Gasteiger partial charge in [0.2, 0.25) is 0 Å². The number of nitriles is 1. The maximum Gasteiger partial charge on any atom is 0.341 e. The van der Waals surface area contributed by atoms with Crippen LogP contribution >= 0.6 is 11.6 Å². The number of methoxy groups -OCH3 is 1. The summed E-state index contributed by atoms with van der Waals surface area (Å²) in [5, 5.41) is 8.41. The number of hydrogen-bond donors (Lipinski definition) is 0. The molecule has 5 heteroatoms. The van der Waals surface area contributed by atoms with Crippen molar-refractivity contribution in [3.8, 4) is 6.07 Å². The van der Waals surface area contributed by atoms with Crippen LogP contribution in [-0.4, -0.2) is 18.1 Å². The van der Waals surface area contributed by atoms with Crippen molar-refractivity contribution in [1.29, 1.82) is 5.26 Å². The van der Waals surface area contributed by atoms with E-state index in [0.717, 1.165) is 0 Å². The summed E-state index contributed by atoms with van der Waals surface area (Å²) in [6.45, 7) is 0. The Morgan fingerprint density at radius 1 is 1.73 bits per heavy atom. The first-order valence-electron chi connectivity index (χ1n) is 3.99. The van der Waals surface area contributed by atoms with Gasteiger partial charge in [-0.3, -0.25) is 0 Å². The molecule has 0 amide bonds. The zero-order valence-electron chi connectivity index (χ0n) is 7.90. The SMILES string of the molecule is COC(=O)c1cc(C=CC#N)cnc1Cl. The fourth-order valence-electron chi connectivity index (χ4n) is 0.942. The number of halogens is 1. The van der Waals surface area contributed by atoms with Crippen LogP contribution in [0.3, 0.4) is 0 Å². The van der Waals surface area contributed by atoms with Crippen molar-refractivity contribution in [3.05, 3.63) is 34.6 Å². The second kappa shape index (κ2) is 5.13. The first-order valence-corrected chi connectivity index (χ1v) is 4.37. The Morgan fingerprint density at radius 3 is 3.07 bits per heavy atom. The predicted molar refractivity (Wildman–Crippen MR) is 55.2 cm³/mol. The maximum atomic E-state index is 11.2. The molecule has 1 heterocycles. The molecule has 1 aromatic rings. The second-order valence-corrected chi connectivity index (χ2v) is 2.92. The summed E-state index contributed by atoms with van der Waals surface area (Å²) in [4.78, 5) is 15.0. The van der Waals surface area contributed by atoms with Gasteiger partial charge in [-0.15, -0.1) is 0 Å². The summed E-state index contributed by atoms with van der Waals surface area (Å²) >= 11 is 5.70. The number of carbonyl (C=O) groups is 1. The van der Waals surface area contributed by atoms with Crippen molar-refractivity contribution in [2.45, 2.75) is 0 Å². The minimum atomic E-state index is -0.556. The van der Waals surface area contributed by atoms with Crippen LogP contribution in [0.2, 0.25) is 5.15 Å². The Hall–Kier alpha value is -1.86. The summed E-state index contributed by atoms with van der Waals surface area (Å²) in [6, 6.07) is 3.34. The number of aromatic nitrogens is 1. The number of rotatable bonds is 2. The maximum absolute atomic E-state index is 11.2. The lowest BCUT2D eigenvalue weighted by atomic mass is 10.2. The van der Waals surface area contributed by atoms with Crippen LogP contribution in [0.4, 0.5) is 0 Å². The average molecular weight is 223 g/mol. The summed E-state index contributed by atoms with van der Waals surface area (Å²) < 4.78 is 4.52. The van der Waals surface area contributed by atoms with Crippen molar-refractivity contribution in [1.82, 2.24) is 4.98 Å². The van der Waals surface area contributed by atoms with E-state index in [1.165, 1.54) is 31.5 Å². The quantitative estimate of drug-likeness (QED) is 0.437. The molecule has 0 aliphatic carbocycles. The van der Waals surface area contributed by atoms with Gasteiger partial charge in [-0.1, -0.05) is 11.6 Å². The topological polar surface area (TPSA) is 63.0 Å². The number of esters is 1. The molecule has 0 radical (unpaired) electrons. The number of ether oxygens (including phenoxy) is 1. The van der Waals surface area contributed by atoms with Crippen LogP contribution in [-0.2, 0) is 4.74 Å². The molecule has 0 aliphatic rings. The predicted octanol–water partition coefficient (Wildman–Crippen LogP) is 2.06. The van der Waals surface area contributed by atoms with E-state index in [4.69, 9.17) is 16.9 Å². The minimum Gasteiger partial charge on any atom is -0.465 e. The van der Waals surface area contributed by atoms with Crippen LogP contribution in [0, 0.1) is 11.3 Å². The molecule has 1 aromatic heterocycles. The lowest BCUT2D eigenvalue weighted by molar-refractivity contribution is 0.0600. The highest BCUT2D eigenvalue weighted by Crippen LogP contribution is 2.16. The Morgan fingerprint density at radius 2 is 2.47 bits per heavy atom. The monoisotopic (exact) mass is 222 g/mol. The van der Waals surface area contributed by atoms with Crippen LogP contribution in [0.15, 0.2) is 18.3 Å². The summed E-state index contributed by atoms with van der Waals surface area (Å²) in [7, 11) is 1.26. The number of allylic oxidation sites excluding steroid dienone is 1. The van der Waals surface area contributed by atoms with E-state index in [-0.39, 0.29) is 10.7 Å². The lowest BCUT2D eigenvalue weighted by Gasteiger charge is -2.01.